The molecule has 13 heavy (non-hydrogen) atoms. The second kappa shape index (κ2) is 5.58. The highest BCUT2D eigenvalue weighted by Crippen LogP contribution is 2.06. The Labute approximate surface area is 81.6 Å². The number of hydrogen-bond donors (Lipinski definition) is 1. The summed E-state index contributed by atoms with van der Waals surface area (Å²) in [7, 11) is 0. The zero-order valence-corrected chi connectivity index (χ0v) is 9.46. The molecule has 80 valence electrons. The molecular weight excluding hydrogens is 166 g/mol. The highest BCUT2D eigenvalue weighted by atomic mass is 16.5. The van der Waals surface area contributed by atoms with Gasteiger partial charge in [0.15, 0.2) is 0 Å². The average Bonchev–Trinajstić information content (AvgIpc) is 1.95. The number of hydrogen-bond acceptors (Lipinski definition) is 3. The van der Waals surface area contributed by atoms with E-state index in [1.54, 1.807) is 0 Å². The lowest BCUT2D eigenvalue weighted by Gasteiger charge is -2.22. The Morgan fingerprint density at radius 3 is 2.08 bits per heavy atom. The second-order valence-corrected chi connectivity index (χ2v) is 4.57. The van der Waals surface area contributed by atoms with Gasteiger partial charge in [0.2, 0.25) is 0 Å². The molecular formula is C10H23NO2. The van der Waals surface area contributed by atoms with Crippen LogP contribution in [-0.4, -0.2) is 31.0 Å². The van der Waals surface area contributed by atoms with Crippen LogP contribution in [0.2, 0.25) is 0 Å². The fourth-order valence-electron chi connectivity index (χ4n) is 0.721. The summed E-state index contributed by atoms with van der Waals surface area (Å²) in [4.78, 5) is 0. The molecule has 0 aliphatic heterocycles. The minimum atomic E-state index is -0.116. The first kappa shape index (κ1) is 12.9. The van der Waals surface area contributed by atoms with E-state index >= 15 is 0 Å². The third-order valence-corrected chi connectivity index (χ3v) is 1.37. The summed E-state index contributed by atoms with van der Waals surface area (Å²) >= 11 is 0. The minimum Gasteiger partial charge on any atom is -0.377 e. The Hall–Kier alpha value is -0.120. The standard InChI is InChI=1S/C10H23NO2/c1-8(2)12-6-9(11)7-13-10(3,4)5/h8-9H,6-7,11H2,1-5H3. The van der Waals surface area contributed by atoms with Gasteiger partial charge in [-0.1, -0.05) is 0 Å². The molecule has 0 aromatic heterocycles. The number of rotatable bonds is 5. The van der Waals surface area contributed by atoms with Crippen molar-refractivity contribution in [3.05, 3.63) is 0 Å². The van der Waals surface area contributed by atoms with Crippen LogP contribution in [0.15, 0.2) is 0 Å². The molecule has 1 unspecified atom stereocenters. The molecule has 0 amide bonds. The summed E-state index contributed by atoms with van der Waals surface area (Å²) in [6.45, 7) is 11.2. The summed E-state index contributed by atoms with van der Waals surface area (Å²) in [6, 6.07) is -0.0263. The van der Waals surface area contributed by atoms with Crippen LogP contribution in [0.5, 0.6) is 0 Å². The molecule has 0 aliphatic carbocycles. The smallest absolute Gasteiger partial charge is 0.0647 e. The zero-order valence-electron chi connectivity index (χ0n) is 9.46. The van der Waals surface area contributed by atoms with Crippen molar-refractivity contribution in [2.45, 2.75) is 52.4 Å². The fourth-order valence-corrected chi connectivity index (χ4v) is 0.721. The first-order valence-electron chi connectivity index (χ1n) is 4.82. The fraction of sp³-hybridized carbons (Fsp3) is 1.00. The maximum atomic E-state index is 5.78. The van der Waals surface area contributed by atoms with Crippen LogP contribution < -0.4 is 5.73 Å². The Kier molecular flexibility index (Phi) is 5.53. The van der Waals surface area contributed by atoms with Crippen LogP contribution in [-0.2, 0) is 9.47 Å². The van der Waals surface area contributed by atoms with Crippen molar-refractivity contribution in [1.82, 2.24) is 0 Å². The average molecular weight is 189 g/mol. The number of ether oxygens (including phenoxy) is 2. The van der Waals surface area contributed by atoms with E-state index < -0.39 is 0 Å². The monoisotopic (exact) mass is 189 g/mol. The van der Waals surface area contributed by atoms with Crippen molar-refractivity contribution >= 4 is 0 Å². The first-order chi connectivity index (χ1) is 5.81. The van der Waals surface area contributed by atoms with Crippen LogP contribution >= 0.6 is 0 Å². The predicted molar refractivity (Wildman–Crippen MR) is 54.8 cm³/mol. The molecule has 3 nitrogen and oxygen atoms in total. The summed E-state index contributed by atoms with van der Waals surface area (Å²) < 4.78 is 10.9. The van der Waals surface area contributed by atoms with Gasteiger partial charge in [-0.15, -0.1) is 0 Å². The summed E-state index contributed by atoms with van der Waals surface area (Å²) in [6.07, 6.45) is 0.237. The largest absolute Gasteiger partial charge is 0.377 e. The summed E-state index contributed by atoms with van der Waals surface area (Å²) in [5, 5.41) is 0. The highest BCUT2D eigenvalue weighted by molar-refractivity contribution is 4.64. The van der Waals surface area contributed by atoms with Crippen molar-refractivity contribution in [2.75, 3.05) is 13.2 Å². The van der Waals surface area contributed by atoms with Gasteiger partial charge in [0.25, 0.3) is 0 Å². The van der Waals surface area contributed by atoms with E-state index in [1.165, 1.54) is 0 Å². The quantitative estimate of drug-likeness (QED) is 0.713. The second-order valence-electron chi connectivity index (χ2n) is 4.57. The van der Waals surface area contributed by atoms with E-state index in [0.717, 1.165) is 0 Å². The molecule has 0 aromatic rings. The van der Waals surface area contributed by atoms with Gasteiger partial charge in [0.05, 0.1) is 31.0 Å². The Morgan fingerprint density at radius 1 is 1.15 bits per heavy atom. The van der Waals surface area contributed by atoms with Crippen molar-refractivity contribution in [2.24, 2.45) is 5.73 Å². The molecule has 0 spiro atoms. The molecule has 0 saturated carbocycles. The molecule has 0 bridgehead atoms. The van der Waals surface area contributed by atoms with Gasteiger partial charge in [-0.25, -0.2) is 0 Å². The molecule has 1 atom stereocenters. The molecule has 3 heteroatoms. The van der Waals surface area contributed by atoms with Crippen LogP contribution in [0.25, 0.3) is 0 Å². The van der Waals surface area contributed by atoms with E-state index in [-0.39, 0.29) is 17.7 Å². The van der Waals surface area contributed by atoms with E-state index in [1.807, 2.05) is 34.6 Å². The van der Waals surface area contributed by atoms with Crippen molar-refractivity contribution in [3.8, 4) is 0 Å². The highest BCUT2D eigenvalue weighted by Gasteiger charge is 2.12. The van der Waals surface area contributed by atoms with Gasteiger partial charge in [0, 0.05) is 0 Å². The Morgan fingerprint density at radius 2 is 1.69 bits per heavy atom. The molecule has 0 radical (unpaired) electrons. The van der Waals surface area contributed by atoms with Gasteiger partial charge in [-0.3, -0.25) is 0 Å². The third kappa shape index (κ3) is 9.80. The normalized spacial score (nSPS) is 15.0. The zero-order chi connectivity index (χ0) is 10.5. The molecule has 0 fully saturated rings. The molecule has 0 aliphatic rings. The van der Waals surface area contributed by atoms with E-state index in [2.05, 4.69) is 0 Å². The molecule has 2 N–H and O–H groups in total. The van der Waals surface area contributed by atoms with Gasteiger partial charge in [-0.2, -0.15) is 0 Å². The maximum Gasteiger partial charge on any atom is 0.0647 e. The lowest BCUT2D eigenvalue weighted by atomic mass is 10.2. The molecule has 0 rings (SSSR count). The summed E-state index contributed by atoms with van der Waals surface area (Å²) in [5.41, 5.74) is 5.66. The van der Waals surface area contributed by atoms with Crippen molar-refractivity contribution in [3.63, 3.8) is 0 Å². The van der Waals surface area contributed by atoms with E-state index in [4.69, 9.17) is 15.2 Å². The molecule has 0 heterocycles. The summed E-state index contributed by atoms with van der Waals surface area (Å²) in [5.74, 6) is 0. The topological polar surface area (TPSA) is 44.5 Å². The number of nitrogens with two attached hydrogens (primary N) is 1. The van der Waals surface area contributed by atoms with E-state index in [0.29, 0.717) is 13.2 Å². The van der Waals surface area contributed by atoms with Crippen molar-refractivity contribution < 1.29 is 9.47 Å². The lowest BCUT2D eigenvalue weighted by Crippen LogP contribution is -2.36. The maximum absolute atomic E-state index is 5.78. The molecule has 0 saturated heterocycles. The van der Waals surface area contributed by atoms with Gasteiger partial charge in [-0.05, 0) is 34.6 Å². The van der Waals surface area contributed by atoms with Gasteiger partial charge < -0.3 is 15.2 Å². The van der Waals surface area contributed by atoms with E-state index in [9.17, 15) is 0 Å². The Bertz CT molecular complexity index is 129. The Balaban J connectivity index is 3.46. The first-order valence-corrected chi connectivity index (χ1v) is 4.82. The predicted octanol–water partition coefficient (Wildman–Crippen LogP) is 1.55. The van der Waals surface area contributed by atoms with Gasteiger partial charge in [0.1, 0.15) is 0 Å². The van der Waals surface area contributed by atoms with Crippen LogP contribution in [0.1, 0.15) is 34.6 Å². The van der Waals surface area contributed by atoms with Crippen LogP contribution in [0.3, 0.4) is 0 Å². The van der Waals surface area contributed by atoms with Crippen LogP contribution in [0.4, 0.5) is 0 Å². The minimum absolute atomic E-state index is 0.0263. The lowest BCUT2D eigenvalue weighted by molar-refractivity contribution is -0.0276. The SMILES string of the molecule is CC(C)OCC(N)COC(C)(C)C. The molecule has 0 aromatic carbocycles. The van der Waals surface area contributed by atoms with Gasteiger partial charge >= 0.3 is 0 Å². The third-order valence-electron chi connectivity index (χ3n) is 1.37. The van der Waals surface area contributed by atoms with Crippen LogP contribution in [0, 0.1) is 0 Å². The van der Waals surface area contributed by atoms with Crippen molar-refractivity contribution in [1.29, 1.82) is 0 Å².